The molecule has 0 fully saturated rings. The van der Waals surface area contributed by atoms with E-state index in [1.807, 2.05) is 0 Å². The van der Waals surface area contributed by atoms with Gasteiger partial charge >= 0.3 is 5.97 Å². The first-order valence-electron chi connectivity index (χ1n) is 3.96. The minimum atomic E-state index is -1.32. The number of carbonyl (C=O) groups excluding carboxylic acids is 1. The first kappa shape index (κ1) is 11.3. The second-order valence-corrected chi connectivity index (χ2v) is 3.11. The zero-order chi connectivity index (χ0) is 11.6. The number of rotatable bonds is 2. The summed E-state index contributed by atoms with van der Waals surface area (Å²) in [6.45, 7) is 0. The van der Waals surface area contributed by atoms with Crippen LogP contribution in [0.3, 0.4) is 0 Å². The number of carboxylic acid groups (broad SMARTS) is 1. The van der Waals surface area contributed by atoms with Gasteiger partial charge in [0.2, 0.25) is 0 Å². The third-order valence-corrected chi connectivity index (χ3v) is 2.13. The van der Waals surface area contributed by atoms with Gasteiger partial charge in [0.25, 0.3) is 5.91 Å². The summed E-state index contributed by atoms with van der Waals surface area (Å²) < 4.78 is 0. The van der Waals surface area contributed by atoms with Gasteiger partial charge in [-0.3, -0.25) is 4.79 Å². The summed E-state index contributed by atoms with van der Waals surface area (Å²) in [6, 6.07) is 2.38. The Hall–Kier alpha value is -1.75. The van der Waals surface area contributed by atoms with Crippen LogP contribution in [0.25, 0.3) is 0 Å². The molecular weight excluding hydrogens is 222 g/mol. The molecule has 1 amide bonds. The summed E-state index contributed by atoms with van der Waals surface area (Å²) >= 11 is 5.67. The molecule has 0 aromatic heterocycles. The van der Waals surface area contributed by atoms with Crippen LogP contribution < -0.4 is 5.32 Å². The van der Waals surface area contributed by atoms with E-state index in [2.05, 4.69) is 5.32 Å². The van der Waals surface area contributed by atoms with Crippen LogP contribution in [0, 0.1) is 0 Å². The normalized spacial score (nSPS) is 9.73. The Bertz CT molecular complexity index is 430. The van der Waals surface area contributed by atoms with E-state index < -0.39 is 17.6 Å². The van der Waals surface area contributed by atoms with Gasteiger partial charge in [0.15, 0.2) is 0 Å². The highest BCUT2D eigenvalue weighted by molar-refractivity contribution is 6.34. The topological polar surface area (TPSA) is 86.6 Å². The molecular formula is C9H8ClNO4. The fourth-order valence-corrected chi connectivity index (χ4v) is 1.32. The van der Waals surface area contributed by atoms with Gasteiger partial charge < -0.3 is 15.5 Å². The van der Waals surface area contributed by atoms with Crippen molar-refractivity contribution in [2.24, 2.45) is 0 Å². The largest absolute Gasteiger partial charge is 0.506 e. The minimum Gasteiger partial charge on any atom is -0.506 e. The molecule has 0 saturated heterocycles. The van der Waals surface area contributed by atoms with Gasteiger partial charge in [0.1, 0.15) is 16.9 Å². The van der Waals surface area contributed by atoms with E-state index in [1.165, 1.54) is 13.1 Å². The Morgan fingerprint density at radius 2 is 2.00 bits per heavy atom. The molecule has 0 aliphatic rings. The van der Waals surface area contributed by atoms with E-state index in [1.54, 1.807) is 0 Å². The van der Waals surface area contributed by atoms with Gasteiger partial charge in [-0.05, 0) is 12.1 Å². The molecule has 0 aliphatic carbocycles. The molecule has 0 unspecified atom stereocenters. The van der Waals surface area contributed by atoms with Crippen molar-refractivity contribution in [3.63, 3.8) is 0 Å². The van der Waals surface area contributed by atoms with Gasteiger partial charge in [-0.1, -0.05) is 11.6 Å². The van der Waals surface area contributed by atoms with Crippen LogP contribution in [0.5, 0.6) is 5.75 Å². The third kappa shape index (κ3) is 2.02. The second kappa shape index (κ2) is 4.18. The van der Waals surface area contributed by atoms with Crippen molar-refractivity contribution in [1.29, 1.82) is 0 Å². The molecule has 1 rings (SSSR count). The first-order chi connectivity index (χ1) is 6.99. The molecule has 0 aliphatic heterocycles. The van der Waals surface area contributed by atoms with E-state index in [4.69, 9.17) is 16.7 Å². The molecule has 0 radical (unpaired) electrons. The number of aromatic carboxylic acids is 1. The minimum absolute atomic E-state index is 0.00292. The summed E-state index contributed by atoms with van der Waals surface area (Å²) in [5.41, 5.74) is -0.600. The van der Waals surface area contributed by atoms with Crippen molar-refractivity contribution >= 4 is 23.5 Å². The average Bonchev–Trinajstić information content (AvgIpc) is 2.16. The number of benzene rings is 1. The van der Waals surface area contributed by atoms with Crippen LogP contribution in [0.2, 0.25) is 5.02 Å². The quantitative estimate of drug-likeness (QED) is 0.709. The monoisotopic (exact) mass is 229 g/mol. The predicted octanol–water partition coefficient (Wildman–Crippen LogP) is 1.10. The molecule has 3 N–H and O–H groups in total. The Kier molecular flexibility index (Phi) is 3.16. The first-order valence-corrected chi connectivity index (χ1v) is 4.33. The highest BCUT2D eigenvalue weighted by atomic mass is 35.5. The van der Waals surface area contributed by atoms with E-state index in [0.717, 1.165) is 6.07 Å². The number of carbonyl (C=O) groups is 2. The lowest BCUT2D eigenvalue weighted by atomic mass is 10.1. The summed E-state index contributed by atoms with van der Waals surface area (Å²) in [7, 11) is 1.35. The fraction of sp³-hybridized carbons (Fsp3) is 0.111. The Balaban J connectivity index is 3.43. The maximum absolute atomic E-state index is 11.3. The van der Waals surface area contributed by atoms with Gasteiger partial charge in [0, 0.05) is 7.05 Å². The number of carboxylic acids is 1. The van der Waals surface area contributed by atoms with E-state index in [9.17, 15) is 14.7 Å². The van der Waals surface area contributed by atoms with E-state index in [0.29, 0.717) is 0 Å². The zero-order valence-electron chi connectivity index (χ0n) is 7.74. The van der Waals surface area contributed by atoms with Crippen molar-refractivity contribution in [2.75, 3.05) is 7.05 Å². The smallest absolute Gasteiger partial charge is 0.339 e. The van der Waals surface area contributed by atoms with Gasteiger partial charge in [0.05, 0.1) is 5.02 Å². The average molecular weight is 230 g/mol. The maximum Gasteiger partial charge on any atom is 0.339 e. The van der Waals surface area contributed by atoms with Crippen molar-refractivity contribution in [2.45, 2.75) is 0 Å². The third-order valence-electron chi connectivity index (χ3n) is 1.81. The SMILES string of the molecule is CNC(=O)c1c(Cl)ccc(C(=O)O)c1O. The van der Waals surface area contributed by atoms with Crippen molar-refractivity contribution in [3.05, 3.63) is 28.3 Å². The van der Waals surface area contributed by atoms with Crippen molar-refractivity contribution < 1.29 is 19.8 Å². The Morgan fingerprint density at radius 1 is 1.40 bits per heavy atom. The number of halogens is 1. The van der Waals surface area contributed by atoms with Crippen LogP contribution in [-0.4, -0.2) is 29.1 Å². The summed E-state index contributed by atoms with van der Waals surface area (Å²) in [6.07, 6.45) is 0. The lowest BCUT2D eigenvalue weighted by Crippen LogP contribution is -2.19. The van der Waals surface area contributed by atoms with Gasteiger partial charge in [-0.25, -0.2) is 4.79 Å². The van der Waals surface area contributed by atoms with Crippen LogP contribution >= 0.6 is 11.6 Å². The molecule has 0 spiro atoms. The van der Waals surface area contributed by atoms with Gasteiger partial charge in [-0.2, -0.15) is 0 Å². The van der Waals surface area contributed by atoms with Crippen molar-refractivity contribution in [3.8, 4) is 5.75 Å². The Labute approximate surface area is 90.3 Å². The highest BCUT2D eigenvalue weighted by Gasteiger charge is 2.20. The standard InChI is InChI=1S/C9H8ClNO4/c1-11-8(13)6-5(10)3-2-4(7(6)12)9(14)15/h2-3,12H,1H3,(H,11,13)(H,14,15). The molecule has 0 saturated carbocycles. The molecule has 1 aromatic carbocycles. The van der Waals surface area contributed by atoms with Crippen LogP contribution in [0.15, 0.2) is 12.1 Å². The molecule has 15 heavy (non-hydrogen) atoms. The summed E-state index contributed by atoms with van der Waals surface area (Å²) in [5, 5.41) is 20.5. The number of aromatic hydroxyl groups is 1. The molecule has 6 heteroatoms. The lowest BCUT2D eigenvalue weighted by molar-refractivity contribution is 0.0693. The summed E-state index contributed by atoms with van der Waals surface area (Å²) in [4.78, 5) is 21.9. The molecule has 80 valence electrons. The number of hydrogen-bond acceptors (Lipinski definition) is 3. The van der Waals surface area contributed by atoms with Crippen LogP contribution in [0.4, 0.5) is 0 Å². The predicted molar refractivity (Wildman–Crippen MR) is 53.5 cm³/mol. The maximum atomic E-state index is 11.3. The summed E-state index contributed by atoms with van der Waals surface area (Å²) in [5.74, 6) is -2.59. The molecule has 0 bridgehead atoms. The number of hydrogen-bond donors (Lipinski definition) is 3. The molecule has 1 aromatic rings. The van der Waals surface area contributed by atoms with Crippen LogP contribution in [0.1, 0.15) is 20.7 Å². The molecule has 0 atom stereocenters. The fourth-order valence-electron chi connectivity index (χ4n) is 1.08. The zero-order valence-corrected chi connectivity index (χ0v) is 8.50. The number of phenols is 1. The lowest BCUT2D eigenvalue weighted by Gasteiger charge is -2.07. The van der Waals surface area contributed by atoms with Crippen LogP contribution in [-0.2, 0) is 0 Å². The van der Waals surface area contributed by atoms with E-state index in [-0.39, 0.29) is 16.1 Å². The van der Waals surface area contributed by atoms with Crippen molar-refractivity contribution in [1.82, 2.24) is 5.32 Å². The Morgan fingerprint density at radius 3 is 2.47 bits per heavy atom. The van der Waals surface area contributed by atoms with E-state index >= 15 is 0 Å². The highest BCUT2D eigenvalue weighted by Crippen LogP contribution is 2.29. The number of amides is 1. The molecule has 5 nitrogen and oxygen atoms in total. The second-order valence-electron chi connectivity index (χ2n) is 2.70. The molecule has 0 heterocycles. The number of nitrogens with one attached hydrogen (secondary N) is 1. The van der Waals surface area contributed by atoms with Gasteiger partial charge in [-0.15, -0.1) is 0 Å².